The molecule has 0 atom stereocenters. The Kier molecular flexibility index (Phi) is 4.61. The first-order chi connectivity index (χ1) is 9.66. The summed E-state index contributed by atoms with van der Waals surface area (Å²) in [5.41, 5.74) is 0.813. The summed E-state index contributed by atoms with van der Waals surface area (Å²) in [6.45, 7) is 0.433. The Morgan fingerprint density at radius 2 is 1.48 bits per heavy atom. The monoisotopic (exact) mass is 299 g/mol. The molecule has 0 aliphatic heterocycles. The van der Waals surface area contributed by atoms with Crippen molar-refractivity contribution in [3.05, 3.63) is 60.2 Å². The van der Waals surface area contributed by atoms with Crippen molar-refractivity contribution in [2.45, 2.75) is 0 Å². The molecule has 0 saturated carbocycles. The quantitative estimate of drug-likeness (QED) is 0.535. The molecule has 3 rings (SSSR count). The number of carbonyl (C=O) groups excluding carboxylic acids is 1. The van der Waals surface area contributed by atoms with Crippen LogP contribution in [0, 0.1) is 0 Å². The van der Waals surface area contributed by atoms with Crippen LogP contribution in [0.25, 0.3) is 21.5 Å². The molecule has 0 aliphatic carbocycles. The van der Waals surface area contributed by atoms with E-state index in [1.54, 1.807) is 0 Å². The Morgan fingerprint density at radius 1 is 0.905 bits per heavy atom. The van der Waals surface area contributed by atoms with Gasteiger partial charge < -0.3 is 4.90 Å². The van der Waals surface area contributed by atoms with E-state index in [9.17, 15) is 4.79 Å². The molecule has 0 bridgehead atoms. The highest BCUT2D eigenvalue weighted by Crippen LogP contribution is 2.28. The molecule has 2 nitrogen and oxygen atoms in total. The normalized spacial score (nSPS) is 10.8. The number of nitrogens with zero attached hydrogens (tertiary/aromatic N) is 1. The second kappa shape index (κ2) is 6.25. The van der Waals surface area contributed by atoms with Crippen molar-refractivity contribution < 1.29 is 4.79 Å². The first-order valence-electron chi connectivity index (χ1n) is 6.75. The summed E-state index contributed by atoms with van der Waals surface area (Å²) in [4.78, 5) is 14.4. The second-order valence-corrected chi connectivity index (χ2v) is 5.35. The first-order valence-corrected chi connectivity index (χ1v) is 6.75. The largest absolute Gasteiger partial charge is 0.302 e. The minimum Gasteiger partial charge on any atom is -0.302 e. The van der Waals surface area contributed by atoms with Crippen LogP contribution >= 0.6 is 12.4 Å². The number of halogens is 1. The minimum atomic E-state index is 0. The van der Waals surface area contributed by atoms with Gasteiger partial charge in [-0.3, -0.25) is 4.79 Å². The van der Waals surface area contributed by atoms with Gasteiger partial charge in [0, 0.05) is 5.56 Å². The SMILES string of the molecule is CN(C)CC(=O)c1cc2ccccc2c2ccccc12.Cl. The third-order valence-corrected chi connectivity index (χ3v) is 3.53. The van der Waals surface area contributed by atoms with Crippen LogP contribution in [0.2, 0.25) is 0 Å². The van der Waals surface area contributed by atoms with Gasteiger partial charge >= 0.3 is 0 Å². The summed E-state index contributed by atoms with van der Waals surface area (Å²) < 4.78 is 0. The third-order valence-electron chi connectivity index (χ3n) is 3.53. The van der Waals surface area contributed by atoms with Gasteiger partial charge in [-0.2, -0.15) is 0 Å². The Bertz CT molecular complexity index is 795. The van der Waals surface area contributed by atoms with Crippen LogP contribution in [-0.2, 0) is 0 Å². The van der Waals surface area contributed by atoms with E-state index in [4.69, 9.17) is 0 Å². The van der Waals surface area contributed by atoms with E-state index in [1.807, 2.05) is 55.4 Å². The topological polar surface area (TPSA) is 20.3 Å². The van der Waals surface area contributed by atoms with Gasteiger partial charge in [-0.1, -0.05) is 48.5 Å². The lowest BCUT2D eigenvalue weighted by molar-refractivity contribution is 0.0959. The van der Waals surface area contributed by atoms with Gasteiger partial charge in [0.25, 0.3) is 0 Å². The average molecular weight is 300 g/mol. The Morgan fingerprint density at radius 3 is 2.14 bits per heavy atom. The van der Waals surface area contributed by atoms with Crippen LogP contribution in [0.15, 0.2) is 54.6 Å². The maximum absolute atomic E-state index is 12.5. The third kappa shape index (κ3) is 2.92. The lowest BCUT2D eigenvalue weighted by atomic mass is 9.95. The second-order valence-electron chi connectivity index (χ2n) is 5.35. The summed E-state index contributed by atoms with van der Waals surface area (Å²) >= 11 is 0. The molecule has 0 N–H and O–H groups in total. The smallest absolute Gasteiger partial charge is 0.177 e. The Hall–Kier alpha value is -1.90. The number of benzene rings is 3. The summed E-state index contributed by atoms with van der Waals surface area (Å²) in [5, 5.41) is 4.50. The molecule has 0 unspecified atom stereocenters. The van der Waals surface area contributed by atoms with Crippen LogP contribution in [0.1, 0.15) is 10.4 Å². The van der Waals surface area contributed by atoms with Crippen LogP contribution < -0.4 is 0 Å². The zero-order chi connectivity index (χ0) is 14.1. The van der Waals surface area contributed by atoms with Gasteiger partial charge in [0.15, 0.2) is 5.78 Å². The van der Waals surface area contributed by atoms with Gasteiger partial charge in [0.05, 0.1) is 6.54 Å². The molecule has 0 aliphatic rings. The molecule has 0 aromatic heterocycles. The predicted molar refractivity (Wildman–Crippen MR) is 91.6 cm³/mol. The van der Waals surface area contributed by atoms with E-state index in [2.05, 4.69) is 18.2 Å². The maximum Gasteiger partial charge on any atom is 0.177 e. The number of hydrogen-bond acceptors (Lipinski definition) is 2. The average Bonchev–Trinajstić information content (AvgIpc) is 2.45. The zero-order valence-corrected chi connectivity index (χ0v) is 13.0. The van der Waals surface area contributed by atoms with Gasteiger partial charge in [-0.15, -0.1) is 12.4 Å². The fraction of sp³-hybridized carbons (Fsp3) is 0.167. The molecule has 0 radical (unpaired) electrons. The summed E-state index contributed by atoms with van der Waals surface area (Å²) in [6.07, 6.45) is 0. The van der Waals surface area contributed by atoms with Crippen molar-refractivity contribution in [3.63, 3.8) is 0 Å². The number of likely N-dealkylation sites (N-methyl/N-ethyl adjacent to an activating group) is 1. The van der Waals surface area contributed by atoms with E-state index < -0.39 is 0 Å². The number of carbonyl (C=O) groups is 1. The fourth-order valence-electron chi connectivity index (χ4n) is 2.66. The number of fused-ring (bicyclic) bond motifs is 3. The van der Waals surface area contributed by atoms with Gasteiger partial charge in [-0.05, 0) is 41.7 Å². The van der Waals surface area contributed by atoms with E-state index in [-0.39, 0.29) is 18.2 Å². The van der Waals surface area contributed by atoms with Crippen molar-refractivity contribution in [1.29, 1.82) is 0 Å². The van der Waals surface area contributed by atoms with Crippen molar-refractivity contribution in [3.8, 4) is 0 Å². The molecule has 3 heteroatoms. The number of ketones is 1. The van der Waals surface area contributed by atoms with Crippen LogP contribution in [0.4, 0.5) is 0 Å². The molecule has 3 aromatic carbocycles. The molecule has 0 amide bonds. The maximum atomic E-state index is 12.5. The summed E-state index contributed by atoms with van der Waals surface area (Å²) in [6, 6.07) is 18.4. The molecule has 21 heavy (non-hydrogen) atoms. The highest BCUT2D eigenvalue weighted by molar-refractivity contribution is 6.18. The highest BCUT2D eigenvalue weighted by Gasteiger charge is 2.13. The van der Waals surface area contributed by atoms with Gasteiger partial charge in [0.2, 0.25) is 0 Å². The lowest BCUT2D eigenvalue weighted by Gasteiger charge is -2.12. The molecular formula is C18H18ClNO. The molecule has 0 fully saturated rings. The molecule has 0 saturated heterocycles. The van der Waals surface area contributed by atoms with E-state index in [0.29, 0.717) is 6.54 Å². The van der Waals surface area contributed by atoms with E-state index >= 15 is 0 Å². The van der Waals surface area contributed by atoms with Crippen LogP contribution in [-0.4, -0.2) is 31.3 Å². The highest BCUT2D eigenvalue weighted by atomic mass is 35.5. The number of hydrogen-bond donors (Lipinski definition) is 0. The molecule has 108 valence electrons. The number of Topliss-reactive ketones (excluding diaryl/α,β-unsaturated/α-hetero) is 1. The molecule has 0 spiro atoms. The van der Waals surface area contributed by atoms with Gasteiger partial charge in [-0.25, -0.2) is 0 Å². The molecule has 3 aromatic rings. The van der Waals surface area contributed by atoms with Crippen molar-refractivity contribution in [2.75, 3.05) is 20.6 Å². The van der Waals surface area contributed by atoms with Crippen molar-refractivity contribution in [1.82, 2.24) is 4.90 Å². The Balaban J connectivity index is 0.00000161. The standard InChI is InChI=1S/C18H17NO.ClH/c1-19(2)12-18(20)17-11-13-7-3-4-8-14(13)15-9-5-6-10-16(15)17;/h3-11H,12H2,1-2H3;1H. The van der Waals surface area contributed by atoms with Crippen LogP contribution in [0.3, 0.4) is 0 Å². The minimum absolute atomic E-state index is 0. The summed E-state index contributed by atoms with van der Waals surface area (Å²) in [5.74, 6) is 0.164. The fourth-order valence-corrected chi connectivity index (χ4v) is 2.66. The first kappa shape index (κ1) is 15.5. The summed E-state index contributed by atoms with van der Waals surface area (Å²) in [7, 11) is 3.84. The van der Waals surface area contributed by atoms with E-state index in [1.165, 1.54) is 5.39 Å². The molecule has 0 heterocycles. The van der Waals surface area contributed by atoms with Crippen LogP contribution in [0.5, 0.6) is 0 Å². The van der Waals surface area contributed by atoms with Crippen molar-refractivity contribution in [2.24, 2.45) is 0 Å². The molecular weight excluding hydrogens is 282 g/mol. The van der Waals surface area contributed by atoms with Crippen molar-refractivity contribution >= 4 is 39.7 Å². The number of rotatable bonds is 3. The Labute approximate surface area is 130 Å². The zero-order valence-electron chi connectivity index (χ0n) is 12.2. The predicted octanol–water partition coefficient (Wildman–Crippen LogP) is 4.16. The van der Waals surface area contributed by atoms with Gasteiger partial charge in [0.1, 0.15) is 0 Å². The lowest BCUT2D eigenvalue weighted by Crippen LogP contribution is -2.21. The van der Waals surface area contributed by atoms with E-state index in [0.717, 1.165) is 21.7 Å².